The second kappa shape index (κ2) is 6.51. The van der Waals surface area contributed by atoms with E-state index in [2.05, 4.69) is 20.6 Å². The van der Waals surface area contributed by atoms with Gasteiger partial charge in [0.1, 0.15) is 4.90 Å². The van der Waals surface area contributed by atoms with Crippen LogP contribution in [0.3, 0.4) is 0 Å². The standard InChI is InChI=1S/C17H20F3N5O2S/c18-17(19,20)12-6-5-10(9-16(7-8-16)11-3-1-2-4-11)13(14(12)28(21,26)27)15-22-24-25-23-15/h5-6,11H,1-4,7-9H2,(H2,21,26,27)(H,22,23,24,25). The quantitative estimate of drug-likeness (QED) is 0.779. The number of halogens is 3. The van der Waals surface area contributed by atoms with Gasteiger partial charge in [-0.05, 0) is 60.3 Å². The molecule has 7 nitrogen and oxygen atoms in total. The number of tetrazole rings is 1. The number of sulfonamides is 1. The zero-order chi connectivity index (χ0) is 20.2. The van der Waals surface area contributed by atoms with Crippen LogP contribution < -0.4 is 5.14 Å². The summed E-state index contributed by atoms with van der Waals surface area (Å²) in [5.74, 6) is 0.304. The first kappa shape index (κ1) is 19.3. The first-order valence-electron chi connectivity index (χ1n) is 9.11. The summed E-state index contributed by atoms with van der Waals surface area (Å²) in [6.45, 7) is 0. The van der Waals surface area contributed by atoms with Crippen LogP contribution in [0.4, 0.5) is 13.2 Å². The Hall–Kier alpha value is -2.01. The zero-order valence-electron chi connectivity index (χ0n) is 15.0. The number of hydrogen-bond donors (Lipinski definition) is 2. The highest BCUT2D eigenvalue weighted by molar-refractivity contribution is 7.89. The topological polar surface area (TPSA) is 115 Å². The van der Waals surface area contributed by atoms with Crippen molar-refractivity contribution in [3.05, 3.63) is 23.3 Å². The molecule has 0 saturated heterocycles. The first-order valence-corrected chi connectivity index (χ1v) is 10.7. The van der Waals surface area contributed by atoms with Gasteiger partial charge in [-0.2, -0.15) is 18.4 Å². The Kier molecular flexibility index (Phi) is 4.49. The van der Waals surface area contributed by atoms with Gasteiger partial charge in [-0.25, -0.2) is 13.6 Å². The molecule has 1 aromatic heterocycles. The maximum Gasteiger partial charge on any atom is 0.417 e. The Morgan fingerprint density at radius 3 is 2.39 bits per heavy atom. The van der Waals surface area contributed by atoms with Crippen LogP contribution in [0.2, 0.25) is 0 Å². The molecular formula is C17H20F3N5O2S. The van der Waals surface area contributed by atoms with Crippen LogP contribution in [-0.4, -0.2) is 29.0 Å². The van der Waals surface area contributed by atoms with Crippen molar-refractivity contribution in [2.24, 2.45) is 16.5 Å². The lowest BCUT2D eigenvalue weighted by atomic mass is 9.81. The van der Waals surface area contributed by atoms with E-state index in [4.69, 9.17) is 5.14 Å². The number of hydrogen-bond acceptors (Lipinski definition) is 5. The number of nitrogens with zero attached hydrogens (tertiary/aromatic N) is 3. The van der Waals surface area contributed by atoms with Crippen molar-refractivity contribution in [3.63, 3.8) is 0 Å². The fraction of sp³-hybridized carbons (Fsp3) is 0.588. The summed E-state index contributed by atoms with van der Waals surface area (Å²) in [5, 5.41) is 18.3. The van der Waals surface area contributed by atoms with Gasteiger partial charge in [-0.1, -0.05) is 18.9 Å². The molecule has 11 heteroatoms. The summed E-state index contributed by atoms with van der Waals surface area (Å²) in [5.41, 5.74) is -1.05. The molecule has 2 saturated carbocycles. The molecule has 0 atom stereocenters. The maximum absolute atomic E-state index is 13.5. The van der Waals surface area contributed by atoms with E-state index in [1.807, 2.05) is 0 Å². The van der Waals surface area contributed by atoms with Crippen LogP contribution in [0.25, 0.3) is 11.4 Å². The van der Waals surface area contributed by atoms with Gasteiger partial charge in [0.15, 0.2) is 0 Å². The van der Waals surface area contributed by atoms with Crippen LogP contribution >= 0.6 is 0 Å². The SMILES string of the molecule is NS(=O)(=O)c1c(C(F)(F)F)ccc(CC2(C3CCCC3)CC2)c1-c1nn[nH]n1. The summed E-state index contributed by atoms with van der Waals surface area (Å²) >= 11 is 0. The summed E-state index contributed by atoms with van der Waals surface area (Å²) in [6, 6.07) is 2.13. The number of alkyl halides is 3. The number of aromatic amines is 1. The predicted octanol–water partition coefficient (Wildman–Crippen LogP) is 3.05. The van der Waals surface area contributed by atoms with Gasteiger partial charge in [0.25, 0.3) is 0 Å². The monoisotopic (exact) mass is 415 g/mol. The molecule has 1 heterocycles. The maximum atomic E-state index is 13.5. The molecule has 2 fully saturated rings. The molecule has 2 aliphatic carbocycles. The third kappa shape index (κ3) is 3.41. The van der Waals surface area contributed by atoms with Crippen molar-refractivity contribution in [2.45, 2.75) is 56.0 Å². The smallest absolute Gasteiger partial charge is 0.225 e. The fourth-order valence-electron chi connectivity index (χ4n) is 4.61. The van der Waals surface area contributed by atoms with E-state index in [-0.39, 0.29) is 16.8 Å². The van der Waals surface area contributed by atoms with Crippen molar-refractivity contribution < 1.29 is 21.6 Å². The summed E-state index contributed by atoms with van der Waals surface area (Å²) in [7, 11) is -4.69. The molecule has 0 bridgehead atoms. The van der Waals surface area contributed by atoms with Crippen molar-refractivity contribution in [1.29, 1.82) is 0 Å². The number of primary sulfonamides is 1. The van der Waals surface area contributed by atoms with Gasteiger partial charge in [-0.15, -0.1) is 10.2 Å². The van der Waals surface area contributed by atoms with E-state index in [9.17, 15) is 21.6 Å². The van der Waals surface area contributed by atoms with E-state index >= 15 is 0 Å². The van der Waals surface area contributed by atoms with E-state index in [1.54, 1.807) is 0 Å². The molecule has 2 aromatic rings. The summed E-state index contributed by atoms with van der Waals surface area (Å²) in [4.78, 5) is -0.985. The van der Waals surface area contributed by atoms with E-state index in [0.29, 0.717) is 17.9 Å². The lowest BCUT2D eigenvalue weighted by molar-refractivity contribution is -0.139. The van der Waals surface area contributed by atoms with Crippen LogP contribution in [0.15, 0.2) is 17.0 Å². The van der Waals surface area contributed by atoms with Crippen LogP contribution in [0.1, 0.15) is 49.7 Å². The van der Waals surface area contributed by atoms with E-state index in [1.165, 1.54) is 6.07 Å². The number of H-pyrrole nitrogens is 1. The van der Waals surface area contributed by atoms with Crippen LogP contribution in [0.5, 0.6) is 0 Å². The van der Waals surface area contributed by atoms with E-state index < -0.39 is 26.7 Å². The number of rotatable bonds is 5. The van der Waals surface area contributed by atoms with Crippen LogP contribution in [-0.2, 0) is 22.6 Å². The van der Waals surface area contributed by atoms with Crippen LogP contribution in [0, 0.1) is 11.3 Å². The second-order valence-electron chi connectivity index (χ2n) is 7.78. The van der Waals surface area contributed by atoms with Gasteiger partial charge in [0.05, 0.1) is 5.56 Å². The van der Waals surface area contributed by atoms with Crippen molar-refractivity contribution in [3.8, 4) is 11.4 Å². The minimum atomic E-state index is -4.89. The highest BCUT2D eigenvalue weighted by Crippen LogP contribution is 2.59. The minimum Gasteiger partial charge on any atom is -0.225 e. The van der Waals surface area contributed by atoms with Crippen molar-refractivity contribution in [1.82, 2.24) is 20.6 Å². The lowest BCUT2D eigenvalue weighted by Gasteiger charge is -2.25. The molecule has 0 spiro atoms. The number of nitrogens with one attached hydrogen (secondary N) is 1. The first-order chi connectivity index (χ1) is 13.1. The minimum absolute atomic E-state index is 0.00433. The molecule has 1 aromatic carbocycles. The van der Waals surface area contributed by atoms with E-state index in [0.717, 1.165) is 44.6 Å². The third-order valence-corrected chi connectivity index (χ3v) is 7.05. The molecule has 4 rings (SSSR count). The van der Waals surface area contributed by atoms with Gasteiger partial charge in [0, 0.05) is 5.56 Å². The second-order valence-corrected chi connectivity index (χ2v) is 9.27. The molecule has 0 unspecified atom stereocenters. The van der Waals surface area contributed by atoms with Crippen molar-refractivity contribution in [2.75, 3.05) is 0 Å². The molecule has 0 aliphatic heterocycles. The Balaban J connectivity index is 1.90. The average molecular weight is 415 g/mol. The normalized spacial score (nSPS) is 19.9. The molecule has 0 radical (unpaired) electrons. The van der Waals surface area contributed by atoms with Gasteiger partial charge in [0.2, 0.25) is 15.8 Å². The van der Waals surface area contributed by atoms with Crippen molar-refractivity contribution >= 4 is 10.0 Å². The zero-order valence-corrected chi connectivity index (χ0v) is 15.8. The molecular weight excluding hydrogens is 395 g/mol. The number of nitrogens with two attached hydrogens (primary N) is 1. The molecule has 3 N–H and O–H groups in total. The summed E-state index contributed by atoms with van der Waals surface area (Å²) in [6.07, 6.45) is 2.05. The Morgan fingerprint density at radius 2 is 1.89 bits per heavy atom. The predicted molar refractivity (Wildman–Crippen MR) is 93.3 cm³/mol. The molecule has 2 aliphatic rings. The molecule has 28 heavy (non-hydrogen) atoms. The Bertz CT molecular complexity index is 979. The number of benzene rings is 1. The number of aromatic nitrogens is 4. The van der Waals surface area contributed by atoms with Gasteiger partial charge in [-0.3, -0.25) is 0 Å². The highest BCUT2D eigenvalue weighted by Gasteiger charge is 2.50. The summed E-state index contributed by atoms with van der Waals surface area (Å²) < 4.78 is 65.0. The highest BCUT2D eigenvalue weighted by atomic mass is 32.2. The largest absolute Gasteiger partial charge is 0.417 e. The molecule has 0 amide bonds. The third-order valence-electron chi connectivity index (χ3n) is 6.06. The van der Waals surface area contributed by atoms with Gasteiger partial charge >= 0.3 is 6.18 Å². The lowest BCUT2D eigenvalue weighted by Crippen LogP contribution is -2.23. The average Bonchev–Trinajstić information content (AvgIpc) is 3.06. The fourth-order valence-corrected chi connectivity index (χ4v) is 5.61. The molecule has 152 valence electrons. The van der Waals surface area contributed by atoms with Gasteiger partial charge < -0.3 is 0 Å². The Morgan fingerprint density at radius 1 is 1.21 bits per heavy atom. The Labute approximate surface area is 159 Å².